The van der Waals surface area contributed by atoms with Gasteiger partial charge in [0.1, 0.15) is 11.5 Å². The molecule has 156 valence electrons. The standard InChI is InChI=1S/C22H24N4O4/c27-20(6-10-26-14-23-17-4-2-1-3-16(17)22(26)28)25-9-5-19-18(13-25)24-21(30-19)15-7-11-29-12-8-15/h1-4,14-15H,5-13H2. The molecule has 2 aromatic heterocycles. The summed E-state index contributed by atoms with van der Waals surface area (Å²) in [7, 11) is 0. The van der Waals surface area contributed by atoms with Gasteiger partial charge in [-0.25, -0.2) is 9.97 Å². The first-order valence-corrected chi connectivity index (χ1v) is 10.5. The smallest absolute Gasteiger partial charge is 0.261 e. The van der Waals surface area contributed by atoms with Crippen LogP contribution in [0, 0.1) is 0 Å². The van der Waals surface area contributed by atoms with Gasteiger partial charge in [0.25, 0.3) is 5.56 Å². The van der Waals surface area contributed by atoms with Gasteiger partial charge in [-0.3, -0.25) is 14.2 Å². The Bertz CT molecular complexity index is 1130. The molecule has 30 heavy (non-hydrogen) atoms. The molecule has 0 radical (unpaired) electrons. The SMILES string of the molecule is O=C(CCn1cnc2ccccc2c1=O)N1CCc2oc(C3CCOCC3)nc2C1. The van der Waals surface area contributed by atoms with Gasteiger partial charge in [0.05, 0.1) is 23.8 Å². The van der Waals surface area contributed by atoms with E-state index in [1.54, 1.807) is 11.0 Å². The average molecular weight is 408 g/mol. The van der Waals surface area contributed by atoms with E-state index in [0.29, 0.717) is 42.9 Å². The Labute approximate surface area is 173 Å². The highest BCUT2D eigenvalue weighted by atomic mass is 16.5. The number of hydrogen-bond donors (Lipinski definition) is 0. The van der Waals surface area contributed by atoms with Crippen molar-refractivity contribution in [1.29, 1.82) is 0 Å². The van der Waals surface area contributed by atoms with Gasteiger partial charge in [0.15, 0.2) is 5.89 Å². The van der Waals surface area contributed by atoms with Crippen LogP contribution in [0.15, 0.2) is 39.8 Å². The van der Waals surface area contributed by atoms with E-state index in [1.165, 1.54) is 10.9 Å². The third-order valence-electron chi connectivity index (χ3n) is 5.97. The monoisotopic (exact) mass is 408 g/mol. The van der Waals surface area contributed by atoms with Crippen LogP contribution in [0.4, 0.5) is 0 Å². The second-order valence-electron chi connectivity index (χ2n) is 7.88. The van der Waals surface area contributed by atoms with Gasteiger partial charge in [0.2, 0.25) is 5.91 Å². The Morgan fingerprint density at radius 3 is 2.90 bits per heavy atom. The fourth-order valence-corrected chi connectivity index (χ4v) is 4.19. The fraction of sp³-hybridized carbons (Fsp3) is 0.455. The molecular formula is C22H24N4O4. The minimum Gasteiger partial charge on any atom is -0.445 e. The number of aryl methyl sites for hydroxylation is 1. The van der Waals surface area contributed by atoms with Crippen LogP contribution in [0.3, 0.4) is 0 Å². The van der Waals surface area contributed by atoms with Crippen molar-refractivity contribution in [3.63, 3.8) is 0 Å². The number of ether oxygens (including phenoxy) is 1. The quantitative estimate of drug-likeness (QED) is 0.658. The van der Waals surface area contributed by atoms with Crippen LogP contribution >= 0.6 is 0 Å². The highest BCUT2D eigenvalue weighted by Crippen LogP contribution is 2.30. The van der Waals surface area contributed by atoms with Gasteiger partial charge in [0, 0.05) is 45.1 Å². The maximum absolute atomic E-state index is 12.8. The number of amides is 1. The predicted molar refractivity (Wildman–Crippen MR) is 109 cm³/mol. The third-order valence-corrected chi connectivity index (χ3v) is 5.97. The third kappa shape index (κ3) is 3.63. The van der Waals surface area contributed by atoms with E-state index in [-0.39, 0.29) is 17.9 Å². The van der Waals surface area contributed by atoms with Gasteiger partial charge in [-0.2, -0.15) is 0 Å². The molecule has 0 spiro atoms. The molecule has 5 rings (SSSR count). The number of aromatic nitrogens is 3. The number of carbonyl (C=O) groups excluding carboxylic acids is 1. The molecule has 1 amide bonds. The molecule has 0 aliphatic carbocycles. The lowest BCUT2D eigenvalue weighted by molar-refractivity contribution is -0.132. The van der Waals surface area contributed by atoms with Crippen LogP contribution in [-0.4, -0.2) is 45.1 Å². The molecule has 4 heterocycles. The molecule has 0 bridgehead atoms. The zero-order valence-electron chi connectivity index (χ0n) is 16.7. The lowest BCUT2D eigenvalue weighted by atomic mass is 10.0. The van der Waals surface area contributed by atoms with Crippen LogP contribution in [0.2, 0.25) is 0 Å². The van der Waals surface area contributed by atoms with Gasteiger partial charge < -0.3 is 14.1 Å². The zero-order valence-corrected chi connectivity index (χ0v) is 16.7. The van der Waals surface area contributed by atoms with Crippen molar-refractivity contribution in [2.45, 2.75) is 44.7 Å². The number of para-hydroxylation sites is 1. The van der Waals surface area contributed by atoms with Crippen LogP contribution in [-0.2, 0) is 29.0 Å². The van der Waals surface area contributed by atoms with E-state index < -0.39 is 0 Å². The van der Waals surface area contributed by atoms with E-state index in [0.717, 1.165) is 43.4 Å². The molecule has 0 N–H and O–H groups in total. The Hall–Kier alpha value is -3.00. The molecule has 0 saturated carbocycles. The summed E-state index contributed by atoms with van der Waals surface area (Å²) >= 11 is 0. The van der Waals surface area contributed by atoms with Gasteiger partial charge in [-0.05, 0) is 25.0 Å². The van der Waals surface area contributed by atoms with E-state index in [2.05, 4.69) is 4.98 Å². The van der Waals surface area contributed by atoms with E-state index in [4.69, 9.17) is 14.1 Å². The fourth-order valence-electron chi connectivity index (χ4n) is 4.19. The summed E-state index contributed by atoms with van der Waals surface area (Å²) in [5.41, 5.74) is 1.41. The van der Waals surface area contributed by atoms with Gasteiger partial charge in [-0.15, -0.1) is 0 Å². The molecule has 8 heteroatoms. The highest BCUT2D eigenvalue weighted by molar-refractivity contribution is 5.77. The van der Waals surface area contributed by atoms with Crippen LogP contribution in [0.1, 0.15) is 42.5 Å². The van der Waals surface area contributed by atoms with E-state index >= 15 is 0 Å². The maximum atomic E-state index is 12.8. The topological polar surface area (TPSA) is 90.5 Å². The van der Waals surface area contributed by atoms with Crippen molar-refractivity contribution < 1.29 is 13.9 Å². The van der Waals surface area contributed by atoms with Crippen LogP contribution in [0.5, 0.6) is 0 Å². The first-order chi connectivity index (χ1) is 14.7. The first-order valence-electron chi connectivity index (χ1n) is 10.5. The van der Waals surface area contributed by atoms with Crippen LogP contribution in [0.25, 0.3) is 10.9 Å². The summed E-state index contributed by atoms with van der Waals surface area (Å²) in [6.45, 7) is 2.87. The number of carbonyl (C=O) groups is 1. The summed E-state index contributed by atoms with van der Waals surface area (Å²) in [5.74, 6) is 2.00. The number of rotatable bonds is 4. The van der Waals surface area contributed by atoms with Crippen molar-refractivity contribution in [1.82, 2.24) is 19.4 Å². The molecule has 1 aromatic carbocycles. The summed E-state index contributed by atoms with van der Waals surface area (Å²) < 4.78 is 12.9. The van der Waals surface area contributed by atoms with Crippen molar-refractivity contribution in [2.75, 3.05) is 19.8 Å². The first kappa shape index (κ1) is 19.0. The predicted octanol–water partition coefficient (Wildman–Crippen LogP) is 2.25. The highest BCUT2D eigenvalue weighted by Gasteiger charge is 2.28. The van der Waals surface area contributed by atoms with E-state index in [9.17, 15) is 9.59 Å². The Morgan fingerprint density at radius 1 is 1.20 bits per heavy atom. The second kappa shape index (κ2) is 8.02. The van der Waals surface area contributed by atoms with Crippen molar-refractivity contribution in [3.05, 3.63) is 58.3 Å². The number of benzene rings is 1. The van der Waals surface area contributed by atoms with Crippen molar-refractivity contribution >= 4 is 16.8 Å². The minimum atomic E-state index is -0.119. The lowest BCUT2D eigenvalue weighted by Gasteiger charge is -2.25. The van der Waals surface area contributed by atoms with Gasteiger partial charge >= 0.3 is 0 Å². The lowest BCUT2D eigenvalue weighted by Crippen LogP contribution is -2.36. The molecule has 1 fully saturated rings. The van der Waals surface area contributed by atoms with E-state index in [1.807, 2.05) is 18.2 Å². The number of nitrogens with zero attached hydrogens (tertiary/aromatic N) is 4. The summed E-state index contributed by atoms with van der Waals surface area (Å²) in [5, 5.41) is 0.568. The number of fused-ring (bicyclic) bond motifs is 2. The van der Waals surface area contributed by atoms with Gasteiger partial charge in [-0.1, -0.05) is 12.1 Å². The number of oxazole rings is 1. The van der Waals surface area contributed by atoms with Crippen LogP contribution < -0.4 is 5.56 Å². The summed E-state index contributed by atoms with van der Waals surface area (Å²) in [4.78, 5) is 36.2. The Kier molecular flexibility index (Phi) is 5.08. The van der Waals surface area contributed by atoms with Crippen molar-refractivity contribution in [3.8, 4) is 0 Å². The summed E-state index contributed by atoms with van der Waals surface area (Å²) in [6, 6.07) is 7.24. The molecule has 0 unspecified atom stereocenters. The molecule has 0 atom stereocenters. The molecule has 2 aliphatic rings. The summed E-state index contributed by atoms with van der Waals surface area (Å²) in [6.07, 6.45) is 4.30. The average Bonchev–Trinajstić information content (AvgIpc) is 3.23. The second-order valence-corrected chi connectivity index (χ2v) is 7.88. The molecule has 8 nitrogen and oxygen atoms in total. The molecule has 3 aromatic rings. The largest absolute Gasteiger partial charge is 0.445 e. The Morgan fingerprint density at radius 2 is 2.03 bits per heavy atom. The maximum Gasteiger partial charge on any atom is 0.261 e. The normalized spacial score (nSPS) is 17.3. The zero-order chi connectivity index (χ0) is 20.5. The molecule has 1 saturated heterocycles. The number of hydrogen-bond acceptors (Lipinski definition) is 6. The Balaban J connectivity index is 1.24. The molecule has 2 aliphatic heterocycles. The van der Waals surface area contributed by atoms with Crippen molar-refractivity contribution in [2.24, 2.45) is 0 Å². The molecular weight excluding hydrogens is 384 g/mol. The minimum absolute atomic E-state index is 0.0105.